The highest BCUT2D eigenvalue weighted by molar-refractivity contribution is 9.10. The van der Waals surface area contributed by atoms with Crippen molar-refractivity contribution in [2.75, 3.05) is 5.32 Å². The summed E-state index contributed by atoms with van der Waals surface area (Å²) in [6.07, 6.45) is 1.84. The van der Waals surface area contributed by atoms with Gasteiger partial charge in [0.15, 0.2) is 5.13 Å². The van der Waals surface area contributed by atoms with Crippen LogP contribution in [0.3, 0.4) is 0 Å². The molecule has 5 nitrogen and oxygen atoms in total. The van der Waals surface area contributed by atoms with Gasteiger partial charge >= 0.3 is 0 Å². The molecule has 22 heavy (non-hydrogen) atoms. The summed E-state index contributed by atoms with van der Waals surface area (Å²) in [7, 11) is 0. The molecule has 3 heterocycles. The number of aromatic nitrogens is 3. The number of hydrogen-bond acceptors (Lipinski definition) is 4. The average Bonchev–Trinajstić information content (AvgIpc) is 3.02. The Kier molecular flexibility index (Phi) is 4.01. The van der Waals surface area contributed by atoms with Gasteiger partial charge in [0.05, 0.1) is 11.4 Å². The van der Waals surface area contributed by atoms with Gasteiger partial charge in [-0.3, -0.25) is 14.5 Å². The highest BCUT2D eigenvalue weighted by Crippen LogP contribution is 2.23. The molecule has 3 rings (SSSR count). The Morgan fingerprint density at radius 3 is 2.82 bits per heavy atom. The number of imidazole rings is 1. The number of rotatable bonds is 3. The predicted molar refractivity (Wildman–Crippen MR) is 91.8 cm³/mol. The Morgan fingerprint density at radius 2 is 2.14 bits per heavy atom. The van der Waals surface area contributed by atoms with E-state index in [1.54, 1.807) is 4.40 Å². The lowest BCUT2D eigenvalue weighted by molar-refractivity contribution is 0.102. The molecular weight excluding hydrogens is 364 g/mol. The van der Waals surface area contributed by atoms with E-state index in [-0.39, 0.29) is 5.91 Å². The molecule has 0 aliphatic heterocycles. The van der Waals surface area contributed by atoms with Crippen LogP contribution in [0.1, 0.15) is 41.6 Å². The zero-order chi connectivity index (χ0) is 15.9. The van der Waals surface area contributed by atoms with Gasteiger partial charge < -0.3 is 0 Å². The first-order valence-corrected chi connectivity index (χ1v) is 8.54. The smallest absolute Gasteiger partial charge is 0.276 e. The van der Waals surface area contributed by atoms with Gasteiger partial charge in [-0.1, -0.05) is 13.8 Å². The third kappa shape index (κ3) is 2.78. The second kappa shape index (κ2) is 5.81. The molecular formula is C15H15BrN4OS. The Morgan fingerprint density at radius 1 is 1.36 bits per heavy atom. The number of halogens is 1. The van der Waals surface area contributed by atoms with Gasteiger partial charge in [-0.25, -0.2) is 9.97 Å². The summed E-state index contributed by atoms with van der Waals surface area (Å²) in [5.74, 6) is 0.142. The second-order valence-electron chi connectivity index (χ2n) is 5.31. The Balaban J connectivity index is 1.94. The molecule has 3 aromatic rings. The van der Waals surface area contributed by atoms with Gasteiger partial charge in [0, 0.05) is 16.0 Å². The molecule has 0 aromatic carbocycles. The Labute approximate surface area is 140 Å². The summed E-state index contributed by atoms with van der Waals surface area (Å²) in [6, 6.07) is 3.77. The molecule has 0 aliphatic rings. The van der Waals surface area contributed by atoms with E-state index in [4.69, 9.17) is 0 Å². The summed E-state index contributed by atoms with van der Waals surface area (Å²) >= 11 is 4.86. The SMILES string of the molecule is Cc1nc2ccc(Br)cn2c1C(=O)Nc1nc(C(C)C)cs1. The number of anilines is 1. The quantitative estimate of drug-likeness (QED) is 0.741. The number of thiazole rings is 1. The van der Waals surface area contributed by atoms with Crippen molar-refractivity contribution in [3.05, 3.63) is 45.3 Å². The third-order valence-corrected chi connectivity index (χ3v) is 4.55. The normalized spacial score (nSPS) is 11.3. The van der Waals surface area contributed by atoms with E-state index in [2.05, 4.69) is 45.1 Å². The van der Waals surface area contributed by atoms with Crippen molar-refractivity contribution in [2.45, 2.75) is 26.7 Å². The molecule has 7 heteroatoms. The molecule has 0 atom stereocenters. The molecule has 0 spiro atoms. The number of aryl methyl sites for hydroxylation is 1. The minimum atomic E-state index is -0.201. The Hall–Kier alpha value is -1.73. The number of carbonyl (C=O) groups is 1. The van der Waals surface area contributed by atoms with Crippen LogP contribution in [0.15, 0.2) is 28.2 Å². The second-order valence-corrected chi connectivity index (χ2v) is 7.08. The highest BCUT2D eigenvalue weighted by atomic mass is 79.9. The summed E-state index contributed by atoms with van der Waals surface area (Å²) in [5.41, 5.74) is 2.94. The fourth-order valence-electron chi connectivity index (χ4n) is 2.18. The maximum Gasteiger partial charge on any atom is 0.276 e. The molecule has 0 aliphatic carbocycles. The fourth-order valence-corrected chi connectivity index (χ4v) is 3.38. The van der Waals surface area contributed by atoms with Gasteiger partial charge in [0.1, 0.15) is 11.3 Å². The van der Waals surface area contributed by atoms with Crippen LogP contribution in [0.25, 0.3) is 5.65 Å². The van der Waals surface area contributed by atoms with Gasteiger partial charge in [0.25, 0.3) is 5.91 Å². The van der Waals surface area contributed by atoms with E-state index < -0.39 is 0 Å². The third-order valence-electron chi connectivity index (χ3n) is 3.31. The first-order chi connectivity index (χ1) is 10.5. The van der Waals surface area contributed by atoms with Crippen molar-refractivity contribution in [3.63, 3.8) is 0 Å². The summed E-state index contributed by atoms with van der Waals surface area (Å²) in [4.78, 5) is 21.4. The Bertz CT molecular complexity index is 852. The van der Waals surface area contributed by atoms with E-state index in [0.29, 0.717) is 22.4 Å². The standard InChI is InChI=1S/C15H15BrN4OS/c1-8(2)11-7-22-15(18-11)19-14(21)13-9(3)17-12-5-4-10(16)6-20(12)13/h4-8H,1-3H3,(H,18,19,21). The molecule has 1 N–H and O–H groups in total. The minimum absolute atomic E-state index is 0.201. The number of pyridine rings is 1. The molecule has 1 amide bonds. The predicted octanol–water partition coefficient (Wildman–Crippen LogP) is 4.24. The van der Waals surface area contributed by atoms with Crippen LogP contribution in [0.4, 0.5) is 5.13 Å². The zero-order valence-corrected chi connectivity index (χ0v) is 14.8. The van der Waals surface area contributed by atoms with Crippen molar-refractivity contribution in [1.82, 2.24) is 14.4 Å². The monoisotopic (exact) mass is 378 g/mol. The van der Waals surface area contributed by atoms with Gasteiger partial charge in [-0.05, 0) is 40.9 Å². The van der Waals surface area contributed by atoms with Gasteiger partial charge in [0.2, 0.25) is 0 Å². The van der Waals surface area contributed by atoms with Crippen LogP contribution >= 0.6 is 27.3 Å². The van der Waals surface area contributed by atoms with Gasteiger partial charge in [-0.15, -0.1) is 11.3 Å². The molecule has 0 fully saturated rings. The van der Waals surface area contributed by atoms with Crippen LogP contribution in [0.5, 0.6) is 0 Å². The topological polar surface area (TPSA) is 59.3 Å². The molecule has 0 saturated carbocycles. The van der Waals surface area contributed by atoms with Crippen molar-refractivity contribution < 1.29 is 4.79 Å². The number of nitrogens with zero attached hydrogens (tertiary/aromatic N) is 3. The van der Waals surface area contributed by atoms with Gasteiger partial charge in [-0.2, -0.15) is 0 Å². The molecule has 0 unspecified atom stereocenters. The first-order valence-electron chi connectivity index (χ1n) is 6.86. The first kappa shape index (κ1) is 15.2. The average molecular weight is 379 g/mol. The van der Waals surface area contributed by atoms with Crippen molar-refractivity contribution in [1.29, 1.82) is 0 Å². The number of fused-ring (bicyclic) bond motifs is 1. The molecule has 0 bridgehead atoms. The van der Waals surface area contributed by atoms with Crippen LogP contribution in [0.2, 0.25) is 0 Å². The summed E-state index contributed by atoms with van der Waals surface area (Å²) in [5, 5.41) is 5.44. The summed E-state index contributed by atoms with van der Waals surface area (Å²) in [6.45, 7) is 5.98. The maximum atomic E-state index is 12.6. The van der Waals surface area contributed by atoms with Crippen molar-refractivity contribution in [3.8, 4) is 0 Å². The van der Waals surface area contributed by atoms with E-state index in [0.717, 1.165) is 15.8 Å². The highest BCUT2D eigenvalue weighted by Gasteiger charge is 2.18. The number of hydrogen-bond donors (Lipinski definition) is 1. The molecule has 3 aromatic heterocycles. The van der Waals surface area contributed by atoms with Crippen LogP contribution in [-0.4, -0.2) is 20.3 Å². The largest absolute Gasteiger partial charge is 0.296 e. The van der Waals surface area contributed by atoms with E-state index in [1.165, 1.54) is 11.3 Å². The molecule has 114 valence electrons. The van der Waals surface area contributed by atoms with Crippen molar-refractivity contribution >= 4 is 44.0 Å². The molecule has 0 saturated heterocycles. The zero-order valence-electron chi connectivity index (χ0n) is 12.4. The van der Waals surface area contributed by atoms with Crippen LogP contribution in [-0.2, 0) is 0 Å². The van der Waals surface area contributed by atoms with Crippen LogP contribution < -0.4 is 5.32 Å². The van der Waals surface area contributed by atoms with E-state index in [9.17, 15) is 4.79 Å². The number of amides is 1. The van der Waals surface area contributed by atoms with Crippen LogP contribution in [0, 0.1) is 6.92 Å². The fraction of sp³-hybridized carbons (Fsp3) is 0.267. The molecule has 0 radical (unpaired) electrons. The number of nitrogens with one attached hydrogen (secondary N) is 1. The minimum Gasteiger partial charge on any atom is -0.296 e. The lowest BCUT2D eigenvalue weighted by atomic mass is 10.2. The van der Waals surface area contributed by atoms with E-state index in [1.807, 2.05) is 30.6 Å². The van der Waals surface area contributed by atoms with E-state index >= 15 is 0 Å². The number of carbonyl (C=O) groups excluding carboxylic acids is 1. The lowest BCUT2D eigenvalue weighted by Crippen LogP contribution is -2.15. The maximum absolute atomic E-state index is 12.6. The summed E-state index contributed by atoms with van der Waals surface area (Å²) < 4.78 is 2.67. The lowest BCUT2D eigenvalue weighted by Gasteiger charge is -2.04. The van der Waals surface area contributed by atoms with Crippen molar-refractivity contribution in [2.24, 2.45) is 0 Å².